The fraction of sp³-hybridized carbons (Fsp3) is 0.571. The van der Waals surface area contributed by atoms with Gasteiger partial charge in [0.2, 0.25) is 5.28 Å². The molecule has 2 heterocycles. The molecule has 70 valence electrons. The van der Waals surface area contributed by atoms with Gasteiger partial charge in [0.15, 0.2) is 0 Å². The third kappa shape index (κ3) is 1.29. The second kappa shape index (κ2) is 2.99. The van der Waals surface area contributed by atoms with Crippen LogP contribution in [-0.4, -0.2) is 25.8 Å². The molecule has 0 aliphatic carbocycles. The number of carboxylic acids is 1. The second-order valence-electron chi connectivity index (χ2n) is 3.00. The summed E-state index contributed by atoms with van der Waals surface area (Å²) in [7, 11) is 0. The maximum absolute atomic E-state index is 10.8. The number of rotatable bonds is 1. The zero-order valence-corrected chi connectivity index (χ0v) is 7.53. The quantitative estimate of drug-likeness (QED) is 0.733. The molecule has 5 nitrogen and oxygen atoms in total. The van der Waals surface area contributed by atoms with E-state index in [-0.39, 0.29) is 5.28 Å². The van der Waals surface area contributed by atoms with Gasteiger partial charge < -0.3 is 5.11 Å². The van der Waals surface area contributed by atoms with Gasteiger partial charge >= 0.3 is 5.97 Å². The first kappa shape index (κ1) is 8.50. The summed E-state index contributed by atoms with van der Waals surface area (Å²) in [6.45, 7) is 0. The van der Waals surface area contributed by atoms with Crippen LogP contribution in [0, 0.1) is 0 Å². The molecule has 1 unspecified atom stereocenters. The number of aromatic nitrogens is 3. The van der Waals surface area contributed by atoms with Crippen LogP contribution in [0.5, 0.6) is 0 Å². The van der Waals surface area contributed by atoms with Crippen LogP contribution in [0.1, 0.15) is 24.7 Å². The monoisotopic (exact) mass is 201 g/mol. The van der Waals surface area contributed by atoms with E-state index in [4.69, 9.17) is 16.7 Å². The molecule has 1 aliphatic rings. The van der Waals surface area contributed by atoms with E-state index in [1.807, 2.05) is 0 Å². The summed E-state index contributed by atoms with van der Waals surface area (Å²) < 4.78 is 1.49. The van der Waals surface area contributed by atoms with E-state index in [1.54, 1.807) is 0 Å². The van der Waals surface area contributed by atoms with Gasteiger partial charge in [-0.05, 0) is 24.4 Å². The first-order chi connectivity index (χ1) is 6.20. The largest absolute Gasteiger partial charge is 0.480 e. The standard InChI is InChI=1S/C7H8ClN3O2/c8-7-10-9-5-3-1-2-4(6(12)13)11(5)7/h4H,1-3H2,(H,12,13). The van der Waals surface area contributed by atoms with E-state index in [2.05, 4.69) is 10.2 Å². The maximum atomic E-state index is 10.8. The average molecular weight is 202 g/mol. The van der Waals surface area contributed by atoms with Crippen molar-refractivity contribution in [2.75, 3.05) is 0 Å². The van der Waals surface area contributed by atoms with Gasteiger partial charge in [0.1, 0.15) is 11.9 Å². The van der Waals surface area contributed by atoms with E-state index < -0.39 is 12.0 Å². The van der Waals surface area contributed by atoms with Crippen LogP contribution in [-0.2, 0) is 11.2 Å². The zero-order chi connectivity index (χ0) is 9.42. The Hall–Kier alpha value is -1.10. The Balaban J connectivity index is 2.46. The fourth-order valence-electron chi connectivity index (χ4n) is 1.60. The lowest BCUT2D eigenvalue weighted by molar-refractivity contribution is -0.141. The number of nitrogens with zero attached hydrogens (tertiary/aromatic N) is 3. The highest BCUT2D eigenvalue weighted by Crippen LogP contribution is 2.27. The van der Waals surface area contributed by atoms with Crippen LogP contribution in [0.2, 0.25) is 5.28 Å². The van der Waals surface area contributed by atoms with Crippen molar-refractivity contribution in [1.29, 1.82) is 0 Å². The molecule has 1 aliphatic heterocycles. The number of fused-ring (bicyclic) bond motifs is 1. The Morgan fingerprint density at radius 2 is 2.38 bits per heavy atom. The number of carbonyl (C=O) groups is 1. The van der Waals surface area contributed by atoms with Crippen molar-refractivity contribution < 1.29 is 9.90 Å². The summed E-state index contributed by atoms with van der Waals surface area (Å²) in [6.07, 6.45) is 2.18. The van der Waals surface area contributed by atoms with E-state index in [0.29, 0.717) is 12.2 Å². The number of hydrogen-bond donors (Lipinski definition) is 1. The molecular weight excluding hydrogens is 194 g/mol. The van der Waals surface area contributed by atoms with Crippen molar-refractivity contribution in [3.8, 4) is 0 Å². The summed E-state index contributed by atoms with van der Waals surface area (Å²) in [4.78, 5) is 10.8. The molecule has 1 aromatic rings. The van der Waals surface area contributed by atoms with E-state index in [1.165, 1.54) is 4.57 Å². The Morgan fingerprint density at radius 1 is 1.62 bits per heavy atom. The number of aryl methyl sites for hydroxylation is 1. The highest BCUT2D eigenvalue weighted by Gasteiger charge is 2.28. The minimum absolute atomic E-state index is 0.169. The Labute approximate surface area is 79.3 Å². The molecule has 0 amide bonds. The Kier molecular flexibility index (Phi) is 1.95. The fourth-order valence-corrected chi connectivity index (χ4v) is 1.85. The van der Waals surface area contributed by atoms with Gasteiger partial charge in [0.05, 0.1) is 0 Å². The summed E-state index contributed by atoms with van der Waals surface area (Å²) in [6, 6.07) is -0.591. The number of hydrogen-bond acceptors (Lipinski definition) is 3. The zero-order valence-electron chi connectivity index (χ0n) is 6.77. The van der Waals surface area contributed by atoms with Crippen LogP contribution >= 0.6 is 11.6 Å². The lowest BCUT2D eigenvalue weighted by Gasteiger charge is -2.20. The normalized spacial score (nSPS) is 21.2. The summed E-state index contributed by atoms with van der Waals surface area (Å²) in [5.41, 5.74) is 0. The average Bonchev–Trinajstić information content (AvgIpc) is 2.48. The molecule has 0 radical (unpaired) electrons. The highest BCUT2D eigenvalue weighted by molar-refractivity contribution is 6.28. The first-order valence-electron chi connectivity index (χ1n) is 4.02. The second-order valence-corrected chi connectivity index (χ2v) is 3.34. The van der Waals surface area contributed by atoms with E-state index >= 15 is 0 Å². The molecular formula is C7H8ClN3O2. The Bertz CT molecular complexity index is 350. The van der Waals surface area contributed by atoms with Crippen LogP contribution in [0.4, 0.5) is 0 Å². The molecule has 1 aromatic heterocycles. The lowest BCUT2D eigenvalue weighted by atomic mass is 10.1. The van der Waals surface area contributed by atoms with Crippen molar-refractivity contribution >= 4 is 17.6 Å². The molecule has 0 spiro atoms. The van der Waals surface area contributed by atoms with Gasteiger partial charge in [-0.3, -0.25) is 4.57 Å². The lowest BCUT2D eigenvalue weighted by Crippen LogP contribution is -2.25. The van der Waals surface area contributed by atoms with Crippen molar-refractivity contribution in [3.63, 3.8) is 0 Å². The van der Waals surface area contributed by atoms with Gasteiger partial charge in [-0.1, -0.05) is 0 Å². The van der Waals surface area contributed by atoms with Gasteiger partial charge in [0.25, 0.3) is 0 Å². The van der Waals surface area contributed by atoms with Gasteiger partial charge in [-0.15, -0.1) is 10.2 Å². The van der Waals surface area contributed by atoms with Crippen molar-refractivity contribution in [1.82, 2.24) is 14.8 Å². The van der Waals surface area contributed by atoms with Gasteiger partial charge in [-0.2, -0.15) is 0 Å². The molecule has 13 heavy (non-hydrogen) atoms. The van der Waals surface area contributed by atoms with E-state index in [9.17, 15) is 4.79 Å². The molecule has 0 bridgehead atoms. The smallest absolute Gasteiger partial charge is 0.326 e. The summed E-state index contributed by atoms with van der Waals surface area (Å²) in [5, 5.41) is 16.5. The van der Waals surface area contributed by atoms with Crippen molar-refractivity contribution in [2.24, 2.45) is 0 Å². The van der Waals surface area contributed by atoms with Crippen LogP contribution in [0.15, 0.2) is 0 Å². The van der Waals surface area contributed by atoms with Crippen LogP contribution < -0.4 is 0 Å². The molecule has 0 aromatic carbocycles. The predicted octanol–water partition coefficient (Wildman–Crippen LogP) is 0.893. The van der Waals surface area contributed by atoms with Crippen molar-refractivity contribution in [3.05, 3.63) is 11.1 Å². The Morgan fingerprint density at radius 3 is 3.08 bits per heavy atom. The van der Waals surface area contributed by atoms with Crippen LogP contribution in [0.25, 0.3) is 0 Å². The molecule has 1 N–H and O–H groups in total. The van der Waals surface area contributed by atoms with Gasteiger partial charge in [-0.25, -0.2) is 4.79 Å². The maximum Gasteiger partial charge on any atom is 0.326 e. The minimum atomic E-state index is -0.873. The summed E-state index contributed by atoms with van der Waals surface area (Å²) >= 11 is 5.72. The van der Waals surface area contributed by atoms with E-state index in [0.717, 1.165) is 12.8 Å². The topological polar surface area (TPSA) is 68.0 Å². The number of halogens is 1. The SMILES string of the molecule is O=C(O)C1CCCc2nnc(Cl)n21. The van der Waals surface area contributed by atoms with Crippen molar-refractivity contribution in [2.45, 2.75) is 25.3 Å². The minimum Gasteiger partial charge on any atom is -0.480 e. The molecule has 0 saturated carbocycles. The molecule has 1 atom stereocenters. The van der Waals surface area contributed by atoms with Gasteiger partial charge in [0, 0.05) is 6.42 Å². The molecule has 0 fully saturated rings. The third-order valence-electron chi connectivity index (χ3n) is 2.20. The first-order valence-corrected chi connectivity index (χ1v) is 4.40. The predicted molar refractivity (Wildman–Crippen MR) is 44.6 cm³/mol. The number of aliphatic carboxylic acids is 1. The molecule has 6 heteroatoms. The highest BCUT2D eigenvalue weighted by atomic mass is 35.5. The summed E-state index contributed by atoms with van der Waals surface area (Å²) in [5.74, 6) is -0.202. The molecule has 2 rings (SSSR count). The number of carboxylic acid groups (broad SMARTS) is 1. The molecule has 0 saturated heterocycles. The third-order valence-corrected chi connectivity index (χ3v) is 2.46. The van der Waals surface area contributed by atoms with Crippen LogP contribution in [0.3, 0.4) is 0 Å².